The lowest BCUT2D eigenvalue weighted by Gasteiger charge is -2.16. The Kier molecular flexibility index (Phi) is 3.19. The Balaban J connectivity index is 2.66. The second-order valence-electron chi connectivity index (χ2n) is 4.42. The van der Waals surface area contributed by atoms with Crippen molar-refractivity contribution in [2.75, 3.05) is 0 Å². The number of carboxylic acid groups (broad SMARTS) is 1. The summed E-state index contributed by atoms with van der Waals surface area (Å²) in [5.41, 5.74) is 1.89. The van der Waals surface area contributed by atoms with Crippen LogP contribution in [-0.2, 0) is 4.79 Å². The van der Waals surface area contributed by atoms with Crippen LogP contribution in [0.15, 0.2) is 29.1 Å². The second kappa shape index (κ2) is 4.64. The van der Waals surface area contributed by atoms with Gasteiger partial charge in [0.2, 0.25) is 0 Å². The molecule has 0 aliphatic rings. The summed E-state index contributed by atoms with van der Waals surface area (Å²) in [6.45, 7) is 3.65. The molecule has 18 heavy (non-hydrogen) atoms. The maximum absolute atomic E-state index is 12.0. The summed E-state index contributed by atoms with van der Waals surface area (Å²) >= 11 is 0. The van der Waals surface area contributed by atoms with Gasteiger partial charge in [-0.05, 0) is 25.5 Å². The molecule has 1 unspecified atom stereocenters. The predicted octanol–water partition coefficient (Wildman–Crippen LogP) is 1.08. The van der Waals surface area contributed by atoms with E-state index in [9.17, 15) is 14.7 Å². The lowest BCUT2D eigenvalue weighted by atomic mass is 10.0. The Morgan fingerprint density at radius 2 is 2.11 bits per heavy atom. The average Bonchev–Trinajstić information content (AvgIpc) is 2.30. The normalized spacial score (nSPS) is 12.6. The van der Waals surface area contributed by atoms with Crippen LogP contribution in [0.3, 0.4) is 0 Å². The number of pyridine rings is 1. The molecule has 0 amide bonds. The molecule has 1 heterocycles. The molecule has 1 atom stereocenters. The van der Waals surface area contributed by atoms with E-state index in [2.05, 4.69) is 4.98 Å². The van der Waals surface area contributed by atoms with Crippen molar-refractivity contribution in [2.45, 2.75) is 26.2 Å². The number of aliphatic carboxylic acids is 1. The molecule has 4 heteroatoms. The van der Waals surface area contributed by atoms with Crippen LogP contribution in [0.5, 0.6) is 0 Å². The van der Waals surface area contributed by atoms with Gasteiger partial charge in [-0.1, -0.05) is 18.6 Å². The number of rotatable bonds is 3. The van der Waals surface area contributed by atoms with Gasteiger partial charge in [0, 0.05) is 28.6 Å². The molecule has 0 aliphatic carbocycles. The number of carbonyl (C=O) groups is 1. The van der Waals surface area contributed by atoms with E-state index in [1.807, 2.05) is 13.0 Å². The van der Waals surface area contributed by atoms with Crippen LogP contribution in [0.1, 0.15) is 30.5 Å². The van der Waals surface area contributed by atoms with Crippen molar-refractivity contribution in [3.8, 4) is 0 Å². The number of hydrogen-bond acceptors (Lipinski definition) is 3. The number of aryl methyl sites for hydroxylation is 1. The number of aromatic amines is 1. The molecule has 4 nitrogen and oxygen atoms in total. The van der Waals surface area contributed by atoms with Crippen LogP contribution < -0.4 is 10.5 Å². The minimum atomic E-state index is -1.17. The minimum Gasteiger partial charge on any atom is -0.549 e. The fraction of sp³-hybridized carbons (Fsp3) is 0.286. The standard InChI is InChI=1S/C14H15NO3/c1-3-9(14(17)18)12-7-13(16)10-6-8(2)4-5-11(10)15-12/h4-7,9H,3H2,1-2H3,(H,15,16)(H,17,18)/p-1. The first kappa shape index (κ1) is 12.4. The molecule has 0 radical (unpaired) electrons. The fourth-order valence-electron chi connectivity index (χ4n) is 2.08. The van der Waals surface area contributed by atoms with Crippen molar-refractivity contribution in [3.63, 3.8) is 0 Å². The molecule has 1 aromatic heterocycles. The van der Waals surface area contributed by atoms with Crippen molar-refractivity contribution in [2.24, 2.45) is 0 Å². The van der Waals surface area contributed by atoms with Crippen LogP contribution in [0.25, 0.3) is 10.9 Å². The molecule has 0 saturated heterocycles. The average molecular weight is 244 g/mol. The van der Waals surface area contributed by atoms with Gasteiger partial charge in [-0.3, -0.25) is 4.79 Å². The van der Waals surface area contributed by atoms with Gasteiger partial charge in [-0.2, -0.15) is 0 Å². The number of carbonyl (C=O) groups excluding carboxylic acids is 1. The highest BCUT2D eigenvalue weighted by molar-refractivity contribution is 5.81. The summed E-state index contributed by atoms with van der Waals surface area (Å²) in [6.07, 6.45) is 0.385. The van der Waals surface area contributed by atoms with Crippen molar-refractivity contribution >= 4 is 16.9 Å². The Morgan fingerprint density at radius 3 is 2.72 bits per heavy atom. The zero-order valence-corrected chi connectivity index (χ0v) is 10.3. The number of hydrogen-bond donors (Lipinski definition) is 1. The van der Waals surface area contributed by atoms with Gasteiger partial charge in [0.15, 0.2) is 5.43 Å². The van der Waals surface area contributed by atoms with Gasteiger partial charge in [0.1, 0.15) is 0 Å². The maximum Gasteiger partial charge on any atom is 0.189 e. The third kappa shape index (κ3) is 2.14. The third-order valence-corrected chi connectivity index (χ3v) is 3.07. The number of benzene rings is 1. The van der Waals surface area contributed by atoms with Crippen LogP contribution in [-0.4, -0.2) is 11.0 Å². The number of fused-ring (bicyclic) bond motifs is 1. The minimum absolute atomic E-state index is 0.165. The molecular weight excluding hydrogens is 230 g/mol. The highest BCUT2D eigenvalue weighted by Crippen LogP contribution is 2.18. The van der Waals surface area contributed by atoms with Crippen molar-refractivity contribution in [3.05, 3.63) is 45.7 Å². The Bertz CT molecular complexity index is 658. The molecule has 1 aromatic carbocycles. The van der Waals surface area contributed by atoms with Gasteiger partial charge in [0.25, 0.3) is 0 Å². The quantitative estimate of drug-likeness (QED) is 0.878. The number of H-pyrrole nitrogens is 1. The van der Waals surface area contributed by atoms with Crippen molar-refractivity contribution in [1.29, 1.82) is 0 Å². The fourth-order valence-corrected chi connectivity index (χ4v) is 2.08. The summed E-state index contributed by atoms with van der Waals surface area (Å²) < 4.78 is 0. The first-order valence-electron chi connectivity index (χ1n) is 5.87. The summed E-state index contributed by atoms with van der Waals surface area (Å²) in [6, 6.07) is 6.81. The van der Waals surface area contributed by atoms with E-state index in [1.54, 1.807) is 19.1 Å². The number of carboxylic acids is 1. The van der Waals surface area contributed by atoms with E-state index in [1.165, 1.54) is 6.07 Å². The van der Waals surface area contributed by atoms with Crippen LogP contribution in [0.2, 0.25) is 0 Å². The van der Waals surface area contributed by atoms with Gasteiger partial charge in [-0.25, -0.2) is 0 Å². The maximum atomic E-state index is 12.0. The monoisotopic (exact) mass is 244 g/mol. The molecule has 94 valence electrons. The molecule has 0 saturated carbocycles. The van der Waals surface area contributed by atoms with E-state index in [4.69, 9.17) is 0 Å². The first-order chi connectivity index (χ1) is 8.52. The smallest absolute Gasteiger partial charge is 0.189 e. The molecule has 0 bridgehead atoms. The van der Waals surface area contributed by atoms with Gasteiger partial charge < -0.3 is 14.9 Å². The van der Waals surface area contributed by atoms with E-state index < -0.39 is 11.9 Å². The summed E-state index contributed by atoms with van der Waals surface area (Å²) in [4.78, 5) is 26.0. The van der Waals surface area contributed by atoms with Crippen molar-refractivity contribution < 1.29 is 9.90 Å². The Labute approximate surface area is 104 Å². The molecular formula is C14H14NO3-. The summed E-state index contributed by atoms with van der Waals surface area (Å²) in [5, 5.41) is 11.6. The van der Waals surface area contributed by atoms with E-state index in [0.717, 1.165) is 5.56 Å². The Hall–Kier alpha value is -2.10. The van der Waals surface area contributed by atoms with Gasteiger partial charge in [0.05, 0.1) is 5.97 Å². The highest BCUT2D eigenvalue weighted by Gasteiger charge is 2.13. The van der Waals surface area contributed by atoms with E-state index >= 15 is 0 Å². The number of nitrogens with one attached hydrogen (secondary N) is 1. The topological polar surface area (TPSA) is 73.0 Å². The van der Waals surface area contributed by atoms with Gasteiger partial charge in [-0.15, -0.1) is 0 Å². The lowest BCUT2D eigenvalue weighted by Crippen LogP contribution is -2.30. The first-order valence-corrected chi connectivity index (χ1v) is 5.87. The van der Waals surface area contributed by atoms with Crippen LogP contribution in [0, 0.1) is 6.92 Å². The second-order valence-corrected chi connectivity index (χ2v) is 4.42. The molecule has 2 aromatic rings. The van der Waals surface area contributed by atoms with Crippen molar-refractivity contribution in [1.82, 2.24) is 4.98 Å². The summed E-state index contributed by atoms with van der Waals surface area (Å²) in [7, 11) is 0. The molecule has 0 aliphatic heterocycles. The zero-order chi connectivity index (χ0) is 13.3. The van der Waals surface area contributed by atoms with Crippen LogP contribution in [0.4, 0.5) is 0 Å². The third-order valence-electron chi connectivity index (χ3n) is 3.07. The van der Waals surface area contributed by atoms with Crippen LogP contribution >= 0.6 is 0 Å². The molecule has 1 N–H and O–H groups in total. The van der Waals surface area contributed by atoms with E-state index in [-0.39, 0.29) is 5.43 Å². The SMILES string of the molecule is CCC(C(=O)[O-])c1cc(=O)c2cc(C)ccc2[nH]1. The summed E-state index contributed by atoms with van der Waals surface area (Å²) in [5.74, 6) is -1.94. The highest BCUT2D eigenvalue weighted by atomic mass is 16.4. The Morgan fingerprint density at radius 1 is 1.39 bits per heavy atom. The van der Waals surface area contributed by atoms with Gasteiger partial charge >= 0.3 is 0 Å². The zero-order valence-electron chi connectivity index (χ0n) is 10.3. The van der Waals surface area contributed by atoms with E-state index in [0.29, 0.717) is 23.0 Å². The molecule has 0 fully saturated rings. The molecule has 2 rings (SSSR count). The molecule has 0 spiro atoms. The number of aromatic nitrogens is 1. The predicted molar refractivity (Wildman–Crippen MR) is 67.3 cm³/mol. The largest absolute Gasteiger partial charge is 0.549 e. The lowest BCUT2D eigenvalue weighted by molar-refractivity contribution is -0.308.